The largest absolute Gasteiger partial charge is 0.411 e. The van der Waals surface area contributed by atoms with Crippen LogP contribution in [0.15, 0.2) is 5.16 Å². The van der Waals surface area contributed by atoms with Crippen LogP contribution in [0.2, 0.25) is 0 Å². The molecule has 62 valence electrons. The summed E-state index contributed by atoms with van der Waals surface area (Å²) in [7, 11) is 0. The Morgan fingerprint density at radius 3 is 2.55 bits per heavy atom. The Kier molecular flexibility index (Phi) is 3.08. The molecule has 0 aliphatic heterocycles. The number of hydrogen-bond donors (Lipinski definition) is 1. The molecular weight excluding hydrogens is 142 g/mol. The molecule has 1 aliphatic rings. The normalized spacial score (nSPS) is 20.7. The Labute approximate surface area is 66.1 Å². The van der Waals surface area contributed by atoms with Gasteiger partial charge in [0, 0.05) is 5.92 Å². The van der Waals surface area contributed by atoms with Gasteiger partial charge in [-0.05, 0) is 12.8 Å². The van der Waals surface area contributed by atoms with E-state index in [2.05, 4.69) is 5.16 Å². The molecule has 0 heterocycles. The van der Waals surface area contributed by atoms with Crippen molar-refractivity contribution in [3.63, 3.8) is 0 Å². The summed E-state index contributed by atoms with van der Waals surface area (Å²) in [5.74, 6) is 0.104. The van der Waals surface area contributed by atoms with Crippen LogP contribution >= 0.6 is 0 Å². The molecule has 0 aromatic heterocycles. The molecule has 0 amide bonds. The van der Waals surface area contributed by atoms with Crippen LogP contribution in [0.4, 0.5) is 0 Å². The lowest BCUT2D eigenvalue weighted by molar-refractivity contribution is -0.117. The van der Waals surface area contributed by atoms with Crippen molar-refractivity contribution in [3.8, 4) is 0 Å². The Bertz CT molecular complexity index is 159. The summed E-state index contributed by atoms with van der Waals surface area (Å²) in [6.07, 6.45) is 6.46. The number of carbonyl (C=O) groups is 1. The summed E-state index contributed by atoms with van der Waals surface area (Å²) in [4.78, 5) is 11.1. The predicted molar refractivity (Wildman–Crippen MR) is 41.9 cm³/mol. The summed E-state index contributed by atoms with van der Waals surface area (Å²) in [5.41, 5.74) is 0. The highest BCUT2D eigenvalue weighted by Crippen LogP contribution is 2.23. The number of ketones is 1. The van der Waals surface area contributed by atoms with Gasteiger partial charge in [0.2, 0.25) is 0 Å². The SMILES string of the molecule is O=C(C=NO)C1CCCCC1. The third-order valence-corrected chi connectivity index (χ3v) is 2.19. The highest BCUT2D eigenvalue weighted by molar-refractivity contribution is 6.28. The average molecular weight is 155 g/mol. The number of carbonyl (C=O) groups excluding carboxylic acids is 1. The lowest BCUT2D eigenvalue weighted by Gasteiger charge is -2.17. The van der Waals surface area contributed by atoms with Crippen molar-refractivity contribution in [2.24, 2.45) is 11.1 Å². The van der Waals surface area contributed by atoms with Gasteiger partial charge in [-0.2, -0.15) is 0 Å². The smallest absolute Gasteiger partial charge is 0.180 e. The van der Waals surface area contributed by atoms with Crippen molar-refractivity contribution >= 4 is 12.0 Å². The fraction of sp³-hybridized carbons (Fsp3) is 0.750. The van der Waals surface area contributed by atoms with E-state index in [-0.39, 0.29) is 11.7 Å². The molecule has 0 unspecified atom stereocenters. The first-order valence-corrected chi connectivity index (χ1v) is 4.06. The Morgan fingerprint density at radius 1 is 1.36 bits per heavy atom. The highest BCUT2D eigenvalue weighted by Gasteiger charge is 2.19. The Balaban J connectivity index is 2.38. The minimum absolute atomic E-state index is 0.0211. The van der Waals surface area contributed by atoms with E-state index < -0.39 is 0 Å². The minimum atomic E-state index is -0.0211. The van der Waals surface area contributed by atoms with Gasteiger partial charge in [-0.3, -0.25) is 4.79 Å². The van der Waals surface area contributed by atoms with Crippen LogP contribution in [0.3, 0.4) is 0 Å². The highest BCUT2D eigenvalue weighted by atomic mass is 16.4. The first-order chi connectivity index (χ1) is 5.34. The summed E-state index contributed by atoms with van der Waals surface area (Å²) in [5, 5.41) is 10.9. The lowest BCUT2D eigenvalue weighted by atomic mass is 9.87. The zero-order chi connectivity index (χ0) is 8.10. The maximum atomic E-state index is 11.1. The number of rotatable bonds is 2. The third kappa shape index (κ3) is 2.33. The molecule has 0 aromatic rings. The molecule has 0 saturated heterocycles. The third-order valence-electron chi connectivity index (χ3n) is 2.19. The minimum Gasteiger partial charge on any atom is -0.411 e. The van der Waals surface area contributed by atoms with E-state index in [1.54, 1.807) is 0 Å². The van der Waals surface area contributed by atoms with E-state index in [1.807, 2.05) is 0 Å². The van der Waals surface area contributed by atoms with Crippen LogP contribution in [0.5, 0.6) is 0 Å². The molecule has 0 aromatic carbocycles. The molecule has 3 heteroatoms. The molecule has 0 atom stereocenters. The van der Waals surface area contributed by atoms with Gasteiger partial charge in [-0.1, -0.05) is 24.4 Å². The fourth-order valence-electron chi connectivity index (χ4n) is 1.55. The zero-order valence-electron chi connectivity index (χ0n) is 6.49. The fourth-order valence-corrected chi connectivity index (χ4v) is 1.55. The van der Waals surface area contributed by atoms with Crippen LogP contribution < -0.4 is 0 Å². The van der Waals surface area contributed by atoms with Gasteiger partial charge in [0.15, 0.2) is 5.78 Å². The Hall–Kier alpha value is -0.860. The van der Waals surface area contributed by atoms with Crippen LogP contribution in [-0.4, -0.2) is 17.2 Å². The first-order valence-electron chi connectivity index (χ1n) is 4.06. The van der Waals surface area contributed by atoms with E-state index in [0.29, 0.717) is 0 Å². The summed E-state index contributed by atoms with van der Waals surface area (Å²) >= 11 is 0. The molecule has 0 spiro atoms. The summed E-state index contributed by atoms with van der Waals surface area (Å²) in [6.45, 7) is 0. The second kappa shape index (κ2) is 4.11. The maximum absolute atomic E-state index is 11.1. The van der Waals surface area contributed by atoms with Crippen LogP contribution in [-0.2, 0) is 4.79 Å². The van der Waals surface area contributed by atoms with E-state index in [9.17, 15) is 4.79 Å². The van der Waals surface area contributed by atoms with Gasteiger partial charge in [0.05, 0.1) is 0 Å². The monoisotopic (exact) mass is 155 g/mol. The molecule has 3 nitrogen and oxygen atoms in total. The second-order valence-electron chi connectivity index (χ2n) is 2.98. The first kappa shape index (κ1) is 8.24. The van der Waals surface area contributed by atoms with Crippen LogP contribution in [0.1, 0.15) is 32.1 Å². The molecule has 11 heavy (non-hydrogen) atoms. The number of oxime groups is 1. The number of nitrogens with zero attached hydrogens (tertiary/aromatic N) is 1. The number of hydrogen-bond acceptors (Lipinski definition) is 3. The molecule has 1 N–H and O–H groups in total. The van der Waals surface area contributed by atoms with E-state index in [1.165, 1.54) is 6.42 Å². The zero-order valence-corrected chi connectivity index (χ0v) is 6.49. The lowest BCUT2D eigenvalue weighted by Crippen LogP contribution is -2.18. The second-order valence-corrected chi connectivity index (χ2v) is 2.98. The summed E-state index contributed by atoms with van der Waals surface area (Å²) in [6, 6.07) is 0. The van der Waals surface area contributed by atoms with Crippen molar-refractivity contribution in [2.75, 3.05) is 0 Å². The van der Waals surface area contributed by atoms with E-state index in [0.717, 1.165) is 31.9 Å². The van der Waals surface area contributed by atoms with Gasteiger partial charge in [-0.25, -0.2) is 0 Å². The number of Topliss-reactive ketones (excluding diaryl/α,β-unsaturated/α-hetero) is 1. The molecule has 1 aliphatic carbocycles. The maximum Gasteiger partial charge on any atom is 0.180 e. The van der Waals surface area contributed by atoms with Gasteiger partial charge in [-0.15, -0.1) is 0 Å². The van der Waals surface area contributed by atoms with Crippen molar-refractivity contribution in [1.82, 2.24) is 0 Å². The van der Waals surface area contributed by atoms with Crippen LogP contribution in [0, 0.1) is 5.92 Å². The standard InChI is InChI=1S/C8H13NO2/c10-8(6-9-11)7-4-2-1-3-5-7/h6-7,11H,1-5H2. The van der Waals surface area contributed by atoms with Gasteiger partial charge < -0.3 is 5.21 Å². The van der Waals surface area contributed by atoms with Crippen LogP contribution in [0.25, 0.3) is 0 Å². The predicted octanol–water partition coefficient (Wildman–Crippen LogP) is 1.60. The quantitative estimate of drug-likeness (QED) is 0.374. The van der Waals surface area contributed by atoms with Gasteiger partial charge in [0.25, 0.3) is 0 Å². The van der Waals surface area contributed by atoms with Gasteiger partial charge >= 0.3 is 0 Å². The van der Waals surface area contributed by atoms with Crippen molar-refractivity contribution in [2.45, 2.75) is 32.1 Å². The average Bonchev–Trinajstić information content (AvgIpc) is 2.07. The van der Waals surface area contributed by atoms with Crippen molar-refractivity contribution < 1.29 is 10.0 Å². The van der Waals surface area contributed by atoms with Crippen molar-refractivity contribution in [3.05, 3.63) is 0 Å². The molecule has 1 rings (SSSR count). The summed E-state index contributed by atoms with van der Waals surface area (Å²) < 4.78 is 0. The molecule has 1 fully saturated rings. The Morgan fingerprint density at radius 2 is 2.00 bits per heavy atom. The van der Waals surface area contributed by atoms with Gasteiger partial charge in [0.1, 0.15) is 6.21 Å². The molecule has 1 saturated carbocycles. The molecule has 0 bridgehead atoms. The van der Waals surface area contributed by atoms with E-state index >= 15 is 0 Å². The topological polar surface area (TPSA) is 49.7 Å². The molecular formula is C8H13NO2. The molecule has 0 radical (unpaired) electrons. The van der Waals surface area contributed by atoms with E-state index in [4.69, 9.17) is 5.21 Å². The van der Waals surface area contributed by atoms with Crippen molar-refractivity contribution in [1.29, 1.82) is 0 Å².